The molecule has 0 saturated heterocycles. The predicted octanol–water partition coefficient (Wildman–Crippen LogP) is 16.4. The van der Waals surface area contributed by atoms with Crippen LogP contribution < -0.4 is 28.7 Å². The van der Waals surface area contributed by atoms with Crippen molar-refractivity contribution in [3.63, 3.8) is 0 Å². The van der Waals surface area contributed by atoms with E-state index in [1.165, 1.54) is 36.4 Å². The SMILES string of the molecule is CC(C)(C)C(=O)c1cccc(C(=O)C(C)(C)C)c1N1C(=O)c2cc(Oc3ccc(S(=O)(=O)O)cc3)c3c4c(Oc5ccc(S(=O)(=O)O)cc5)cc5c6c(cc(Oc7ccc(S(=O)(=O)O)cc7)c(c7c(Oc8ccc(S(=O)(=O)O)cc8)cc(c2c37)C1=O)c64)C(=O)N(c1c(C(=O)C(C)(C)C)cccc1C(=O)C(C)(C)C)C5=O. The topological polar surface area (TPSA) is 397 Å². The first-order valence-electron chi connectivity index (χ1n) is 33.6. The number of hydrogen-bond donors (Lipinski definition) is 4. The smallest absolute Gasteiger partial charge is 0.294 e. The van der Waals surface area contributed by atoms with E-state index in [-0.39, 0.29) is 88.3 Å². The largest absolute Gasteiger partial charge is 0.457 e. The van der Waals surface area contributed by atoms with Gasteiger partial charge in [0.15, 0.2) is 23.1 Å². The highest BCUT2D eigenvalue weighted by Gasteiger charge is 2.47. The van der Waals surface area contributed by atoms with Crippen LogP contribution in [0.2, 0.25) is 0 Å². The van der Waals surface area contributed by atoms with E-state index < -0.39 is 185 Å². The quantitative estimate of drug-likeness (QED) is 0.0204. The summed E-state index contributed by atoms with van der Waals surface area (Å²) in [5.41, 5.74) is -8.81. The highest BCUT2D eigenvalue weighted by molar-refractivity contribution is 7.86. The third kappa shape index (κ3) is 13.4. The Hall–Kier alpha value is -11.5. The van der Waals surface area contributed by atoms with Crippen molar-refractivity contribution in [1.82, 2.24) is 0 Å². The molecule has 2 heterocycles. The molecule has 2 aliphatic rings. The molecule has 30 heteroatoms. The summed E-state index contributed by atoms with van der Waals surface area (Å²) in [6.07, 6.45) is 0. The maximum Gasteiger partial charge on any atom is 0.294 e. The Kier molecular flexibility index (Phi) is 18.2. The molecule has 26 nitrogen and oxygen atoms in total. The lowest BCUT2D eigenvalue weighted by Gasteiger charge is -2.35. The van der Waals surface area contributed by atoms with Gasteiger partial charge in [-0.15, -0.1) is 0 Å². The number of benzene rings is 11. The van der Waals surface area contributed by atoms with Gasteiger partial charge < -0.3 is 18.9 Å². The van der Waals surface area contributed by atoms with Gasteiger partial charge in [0.25, 0.3) is 64.1 Å². The van der Waals surface area contributed by atoms with E-state index in [4.69, 9.17) is 18.9 Å². The van der Waals surface area contributed by atoms with Gasteiger partial charge in [0.1, 0.15) is 46.0 Å². The maximum absolute atomic E-state index is 16.6. The molecule has 11 aromatic carbocycles. The van der Waals surface area contributed by atoms with Crippen LogP contribution in [0.3, 0.4) is 0 Å². The first-order chi connectivity index (χ1) is 51.0. The molecule has 0 unspecified atom stereocenters. The second kappa shape index (κ2) is 26.1. The van der Waals surface area contributed by atoms with Crippen LogP contribution in [-0.2, 0) is 40.5 Å². The molecule has 0 bridgehead atoms. The second-order valence-corrected chi connectivity index (χ2v) is 36.2. The average molecular weight is 1570 g/mol. The Bertz CT molecular complexity index is 5680. The van der Waals surface area contributed by atoms with Crippen molar-refractivity contribution in [3.8, 4) is 46.0 Å². The fourth-order valence-electron chi connectivity index (χ4n) is 13.4. The van der Waals surface area contributed by atoms with E-state index >= 15 is 19.2 Å². The number of ether oxygens (including phenoxy) is 4. The van der Waals surface area contributed by atoms with E-state index in [2.05, 4.69) is 0 Å². The van der Waals surface area contributed by atoms with E-state index in [0.717, 1.165) is 121 Å². The minimum Gasteiger partial charge on any atom is -0.457 e. The molecule has 2 aliphatic heterocycles. The van der Waals surface area contributed by atoms with Gasteiger partial charge in [0.05, 0.1) is 53.2 Å². The average Bonchev–Trinajstić information content (AvgIpc) is 0.669. The summed E-state index contributed by atoms with van der Waals surface area (Å²) in [5.74, 6) is -10.3. The fraction of sp³-hybridized carbons (Fsp3) is 0.200. The van der Waals surface area contributed by atoms with Crippen LogP contribution in [0.15, 0.2) is 177 Å². The molecule has 0 fully saturated rings. The molecular weight excluding hydrogens is 1500 g/mol. The van der Waals surface area contributed by atoms with Gasteiger partial charge in [-0.25, -0.2) is 9.80 Å². The van der Waals surface area contributed by atoms with Crippen LogP contribution in [0.25, 0.3) is 43.1 Å². The minimum absolute atomic E-state index is 0.260. The Balaban J connectivity index is 1.28. The number of ketones is 4. The summed E-state index contributed by atoms with van der Waals surface area (Å²) >= 11 is 0. The number of para-hydroxylation sites is 2. The lowest BCUT2D eigenvalue weighted by molar-refractivity contribution is 0.0836. The number of nitrogens with zero attached hydrogens (tertiary/aromatic N) is 2. The van der Waals surface area contributed by atoms with Crippen molar-refractivity contribution in [1.29, 1.82) is 0 Å². The number of carbonyl (C=O) groups is 8. The Morgan fingerprint density at radius 3 is 0.627 bits per heavy atom. The van der Waals surface area contributed by atoms with Gasteiger partial charge in [0, 0.05) is 87.0 Å². The molecule has 0 aromatic heterocycles. The van der Waals surface area contributed by atoms with Crippen LogP contribution in [0.1, 0.15) is 166 Å². The Labute approximate surface area is 629 Å². The number of rotatable bonds is 18. The lowest BCUT2D eigenvalue weighted by atomic mass is 9.79. The molecule has 0 saturated carbocycles. The highest BCUT2D eigenvalue weighted by Crippen LogP contribution is 2.59. The first kappa shape index (κ1) is 76.7. The zero-order valence-electron chi connectivity index (χ0n) is 60.5. The van der Waals surface area contributed by atoms with E-state index in [1.807, 2.05) is 0 Å². The number of anilines is 2. The summed E-state index contributed by atoms with van der Waals surface area (Å²) in [7, 11) is -19.7. The molecule has 13 rings (SSSR count). The zero-order chi connectivity index (χ0) is 80.3. The van der Waals surface area contributed by atoms with Crippen molar-refractivity contribution < 1.29 is 109 Å². The summed E-state index contributed by atoms with van der Waals surface area (Å²) in [6.45, 7) is 18.9. The van der Waals surface area contributed by atoms with Crippen molar-refractivity contribution in [3.05, 3.63) is 202 Å². The van der Waals surface area contributed by atoms with Gasteiger partial charge in [-0.05, 0) is 146 Å². The highest BCUT2D eigenvalue weighted by atomic mass is 32.2. The molecule has 564 valence electrons. The van der Waals surface area contributed by atoms with Crippen LogP contribution in [-0.4, -0.2) is 98.6 Å². The van der Waals surface area contributed by atoms with Crippen LogP contribution in [0.4, 0.5) is 11.4 Å². The third-order valence-electron chi connectivity index (χ3n) is 18.5. The molecule has 0 spiro atoms. The Morgan fingerprint density at radius 2 is 0.464 bits per heavy atom. The summed E-state index contributed by atoms with van der Waals surface area (Å²) in [4.78, 5) is 125. The molecule has 110 heavy (non-hydrogen) atoms. The van der Waals surface area contributed by atoms with Crippen molar-refractivity contribution in [2.75, 3.05) is 9.80 Å². The number of amides is 4. The summed E-state index contributed by atoms with van der Waals surface area (Å²) in [5, 5.41) is -2.15. The Morgan fingerprint density at radius 1 is 0.282 bits per heavy atom. The molecule has 4 N–H and O–H groups in total. The summed E-state index contributed by atoms with van der Waals surface area (Å²) in [6, 6.07) is 29.3. The standard InChI is InChI=1S/C80H66N2O24S4/c1-77(2,3)69(83)47-15-13-16-48(70(84)78(4,5)6)67(47)81-73(87)51-35-55(103-39-19-27-43(28-20-39)107(91,92)93)61-63-57(105-41-23-31-45(32-24-41)109(97,98)99)37-53-60-54(76(90)82(75(53)89)68-49(71(85)79(7,8)9)17-14-18-50(68)72(86)80(10,11)12)38-58(106-42-25-33-46(34-26-42)110(100,101)102)64(66(60)63)62-56(36-52(74(81)88)59(51)65(61)62)104-40-21-29-44(30-22-40)108(94,95)96/h13-38H,1-12H3,(H,91,92,93)(H,94,95,96)(H,97,98,99)(H,100,101,102). The van der Waals surface area contributed by atoms with Crippen LogP contribution >= 0.6 is 0 Å². The van der Waals surface area contributed by atoms with Crippen LogP contribution in [0, 0.1) is 21.7 Å². The first-order valence-corrected chi connectivity index (χ1v) is 39.3. The number of fused-ring (bicyclic) bond motifs is 2. The number of carbonyl (C=O) groups excluding carboxylic acids is 8. The number of imide groups is 2. The zero-order valence-corrected chi connectivity index (χ0v) is 63.8. The van der Waals surface area contributed by atoms with Crippen molar-refractivity contribution in [2.45, 2.75) is 103 Å². The van der Waals surface area contributed by atoms with Crippen LogP contribution in [0.5, 0.6) is 46.0 Å². The normalized spacial score (nSPS) is 13.9. The molecule has 11 aromatic rings. The van der Waals surface area contributed by atoms with Gasteiger partial charge in [0.2, 0.25) is 0 Å². The fourth-order valence-corrected chi connectivity index (χ4v) is 15.3. The molecule has 4 amide bonds. The maximum atomic E-state index is 16.6. The van der Waals surface area contributed by atoms with Crippen molar-refractivity contribution in [2.24, 2.45) is 21.7 Å². The molecular formula is C80H66N2O24S4. The lowest BCUT2D eigenvalue weighted by Crippen LogP contribution is -2.43. The number of hydrogen-bond acceptors (Lipinski definition) is 20. The van der Waals surface area contributed by atoms with Crippen molar-refractivity contribution >= 4 is 142 Å². The van der Waals surface area contributed by atoms with E-state index in [1.54, 1.807) is 83.1 Å². The number of Topliss-reactive ketones (excluding diaryl/α,β-unsaturated/α-hetero) is 4. The third-order valence-corrected chi connectivity index (χ3v) is 22.0. The van der Waals surface area contributed by atoms with E-state index in [0.29, 0.717) is 9.80 Å². The van der Waals surface area contributed by atoms with Gasteiger partial charge in [-0.2, -0.15) is 33.7 Å². The summed E-state index contributed by atoms with van der Waals surface area (Å²) < 4.78 is 170. The van der Waals surface area contributed by atoms with E-state index in [9.17, 15) is 71.1 Å². The molecule has 0 aliphatic carbocycles. The monoisotopic (exact) mass is 1570 g/mol. The minimum atomic E-state index is -4.91. The second-order valence-electron chi connectivity index (χ2n) is 30.5. The van der Waals surface area contributed by atoms with Gasteiger partial charge >= 0.3 is 0 Å². The predicted molar refractivity (Wildman–Crippen MR) is 403 cm³/mol. The molecule has 0 atom stereocenters. The molecule has 0 radical (unpaired) electrons. The van der Waals surface area contributed by atoms with Gasteiger partial charge in [-0.1, -0.05) is 95.2 Å². The van der Waals surface area contributed by atoms with Gasteiger partial charge in [-0.3, -0.25) is 56.6 Å².